The Morgan fingerprint density at radius 2 is 1.79 bits per heavy atom. The molecule has 0 bridgehead atoms. The number of rotatable bonds is 5. The van der Waals surface area contributed by atoms with Gasteiger partial charge in [-0.1, -0.05) is 59.1 Å². The second kappa shape index (κ2) is 9.37. The highest BCUT2D eigenvalue weighted by Gasteiger charge is 2.33. The average Bonchev–Trinajstić information content (AvgIpc) is 3.47. The fourth-order valence-electron chi connectivity index (χ4n) is 3.95. The molecule has 3 aromatic carbocycles. The molecule has 1 aliphatic heterocycles. The first-order valence-electron chi connectivity index (χ1n) is 10.6. The van der Waals surface area contributed by atoms with Gasteiger partial charge in [0.15, 0.2) is 11.6 Å². The number of ether oxygens (including phenoxy) is 1. The van der Waals surface area contributed by atoms with Crippen LogP contribution < -0.4 is 9.75 Å². The number of aromatic nitrogens is 1. The Balaban J connectivity index is 1.55. The summed E-state index contributed by atoms with van der Waals surface area (Å²) in [5.74, 6) is -0.239. The lowest BCUT2D eigenvalue weighted by Gasteiger charge is -2.22. The highest BCUT2D eigenvalue weighted by Crippen LogP contribution is 2.42. The van der Waals surface area contributed by atoms with E-state index in [1.807, 2.05) is 28.6 Å². The van der Waals surface area contributed by atoms with Crippen molar-refractivity contribution in [2.75, 3.05) is 12.1 Å². The molecule has 4 aromatic rings. The Hall–Kier alpha value is -2.93. The zero-order valence-corrected chi connectivity index (χ0v) is 20.8. The van der Waals surface area contributed by atoms with E-state index in [9.17, 15) is 4.39 Å². The molecule has 5 rings (SSSR count). The minimum atomic E-state index is -0.432. The van der Waals surface area contributed by atoms with Gasteiger partial charge in [-0.2, -0.15) is 5.10 Å². The summed E-state index contributed by atoms with van der Waals surface area (Å²) < 4.78 is 19.5. The lowest BCUT2D eigenvalue weighted by molar-refractivity contribution is 0.386. The summed E-state index contributed by atoms with van der Waals surface area (Å²) in [5, 5.41) is 10.6. The molecule has 0 aliphatic carbocycles. The van der Waals surface area contributed by atoms with E-state index in [1.54, 1.807) is 12.1 Å². The standard InChI is InChI=1S/C26H20Cl2FN3OS/c1-15-3-5-16(6-4-15)23-14-34-26(30-23)32-24(19-9-8-18(27)12-20(19)28)13-22(31-32)17-7-10-25(33-2)21(29)11-17/h3-12,14,24H,13H2,1-2H3/t24-/m0/s1. The number of thiazole rings is 1. The van der Waals surface area contributed by atoms with E-state index in [0.717, 1.165) is 27.7 Å². The SMILES string of the molecule is COc1ccc(C2=NN(c3nc(-c4ccc(C)cc4)cs3)[C@H](c3ccc(Cl)cc3Cl)C2)cc1F. The first kappa shape index (κ1) is 22.8. The van der Waals surface area contributed by atoms with Crippen molar-refractivity contribution in [2.24, 2.45) is 5.10 Å². The van der Waals surface area contributed by atoms with E-state index >= 15 is 0 Å². The maximum atomic E-state index is 14.4. The van der Waals surface area contributed by atoms with Gasteiger partial charge in [0.1, 0.15) is 0 Å². The van der Waals surface area contributed by atoms with Crippen LogP contribution in [0.1, 0.15) is 29.2 Å². The van der Waals surface area contributed by atoms with Gasteiger partial charge in [0.25, 0.3) is 0 Å². The van der Waals surface area contributed by atoms with Gasteiger partial charge in [0.05, 0.1) is 24.6 Å². The Morgan fingerprint density at radius 1 is 1.03 bits per heavy atom. The fourth-order valence-corrected chi connectivity index (χ4v) is 5.31. The highest BCUT2D eigenvalue weighted by atomic mass is 35.5. The van der Waals surface area contributed by atoms with Gasteiger partial charge in [-0.15, -0.1) is 11.3 Å². The van der Waals surface area contributed by atoms with Crippen molar-refractivity contribution < 1.29 is 9.13 Å². The van der Waals surface area contributed by atoms with Gasteiger partial charge < -0.3 is 4.74 Å². The van der Waals surface area contributed by atoms with Crippen molar-refractivity contribution in [3.8, 4) is 17.0 Å². The molecular formula is C26H20Cl2FN3OS. The average molecular weight is 512 g/mol. The molecule has 1 atom stereocenters. The van der Waals surface area contributed by atoms with E-state index < -0.39 is 5.82 Å². The topological polar surface area (TPSA) is 37.7 Å². The third-order valence-electron chi connectivity index (χ3n) is 5.75. The smallest absolute Gasteiger partial charge is 0.207 e. The van der Waals surface area contributed by atoms with Crippen molar-refractivity contribution in [1.82, 2.24) is 4.98 Å². The minimum Gasteiger partial charge on any atom is -0.494 e. The summed E-state index contributed by atoms with van der Waals surface area (Å²) in [4.78, 5) is 4.86. The van der Waals surface area contributed by atoms with Crippen molar-refractivity contribution in [2.45, 2.75) is 19.4 Å². The van der Waals surface area contributed by atoms with E-state index in [-0.39, 0.29) is 11.8 Å². The molecule has 1 aromatic heterocycles. The number of nitrogens with zero attached hydrogens (tertiary/aromatic N) is 3. The van der Waals surface area contributed by atoms with Gasteiger partial charge in [0, 0.05) is 33.0 Å². The number of aryl methyl sites for hydroxylation is 1. The van der Waals surface area contributed by atoms with Crippen molar-refractivity contribution in [3.63, 3.8) is 0 Å². The molecule has 0 saturated heterocycles. The maximum absolute atomic E-state index is 14.4. The summed E-state index contributed by atoms with van der Waals surface area (Å²) in [7, 11) is 1.44. The molecule has 0 N–H and O–H groups in total. The van der Waals surface area contributed by atoms with Crippen LogP contribution >= 0.6 is 34.5 Å². The van der Waals surface area contributed by atoms with Crippen LogP contribution in [0.3, 0.4) is 0 Å². The second-order valence-electron chi connectivity index (χ2n) is 8.01. The largest absolute Gasteiger partial charge is 0.494 e. The van der Waals surface area contributed by atoms with Crippen LogP contribution in [-0.2, 0) is 0 Å². The van der Waals surface area contributed by atoms with Gasteiger partial charge in [-0.05, 0) is 42.8 Å². The van der Waals surface area contributed by atoms with Crippen LogP contribution in [0.2, 0.25) is 10.0 Å². The van der Waals surface area contributed by atoms with Crippen LogP contribution in [-0.4, -0.2) is 17.8 Å². The number of hydrogen-bond donors (Lipinski definition) is 0. The normalized spacial score (nSPS) is 15.5. The Labute approximate surface area is 211 Å². The van der Waals surface area contributed by atoms with Gasteiger partial charge in [-0.25, -0.2) is 14.4 Å². The number of halogens is 3. The number of methoxy groups -OCH3 is 1. The van der Waals surface area contributed by atoms with E-state index in [0.29, 0.717) is 22.0 Å². The zero-order chi connectivity index (χ0) is 23.8. The first-order valence-corrected chi connectivity index (χ1v) is 12.2. The fraction of sp³-hybridized carbons (Fsp3) is 0.154. The van der Waals surface area contributed by atoms with Gasteiger partial charge in [-0.3, -0.25) is 0 Å². The molecule has 34 heavy (non-hydrogen) atoms. The first-order chi connectivity index (χ1) is 16.4. The molecular weight excluding hydrogens is 492 g/mol. The molecule has 0 radical (unpaired) electrons. The van der Waals surface area contributed by atoms with Gasteiger partial charge >= 0.3 is 0 Å². The maximum Gasteiger partial charge on any atom is 0.207 e. The summed E-state index contributed by atoms with van der Waals surface area (Å²) in [6, 6.07) is 18.3. The van der Waals surface area contributed by atoms with Crippen molar-refractivity contribution in [3.05, 3.63) is 98.6 Å². The van der Waals surface area contributed by atoms with E-state index in [1.165, 1.54) is 30.1 Å². The summed E-state index contributed by atoms with van der Waals surface area (Å²) in [6.07, 6.45) is 0.534. The molecule has 8 heteroatoms. The van der Waals surface area contributed by atoms with Gasteiger partial charge in [0.2, 0.25) is 5.13 Å². The Bertz CT molecular complexity index is 1390. The van der Waals surface area contributed by atoms with Crippen LogP contribution in [0.25, 0.3) is 11.3 Å². The quantitative estimate of drug-likeness (QED) is 0.273. The third-order valence-corrected chi connectivity index (χ3v) is 7.14. The van der Waals surface area contributed by atoms with Crippen molar-refractivity contribution >= 4 is 45.4 Å². The number of hydrazone groups is 1. The lowest BCUT2D eigenvalue weighted by Crippen LogP contribution is -2.18. The third kappa shape index (κ3) is 4.41. The molecule has 0 spiro atoms. The molecule has 1 aliphatic rings. The van der Waals surface area contributed by atoms with Crippen LogP contribution in [0.5, 0.6) is 5.75 Å². The lowest BCUT2D eigenvalue weighted by atomic mass is 9.98. The molecule has 172 valence electrons. The molecule has 4 nitrogen and oxygen atoms in total. The van der Waals surface area contributed by atoms with Crippen molar-refractivity contribution in [1.29, 1.82) is 0 Å². The number of benzene rings is 3. The summed E-state index contributed by atoms with van der Waals surface area (Å²) in [5.41, 5.74) is 5.41. The summed E-state index contributed by atoms with van der Waals surface area (Å²) >= 11 is 14.2. The highest BCUT2D eigenvalue weighted by molar-refractivity contribution is 7.14. The second-order valence-corrected chi connectivity index (χ2v) is 9.69. The number of anilines is 1. The van der Waals surface area contributed by atoms with E-state index in [4.69, 9.17) is 38.0 Å². The van der Waals surface area contributed by atoms with Crippen LogP contribution in [0, 0.1) is 12.7 Å². The predicted octanol–water partition coefficient (Wildman–Crippen LogP) is 7.93. The predicted molar refractivity (Wildman–Crippen MR) is 138 cm³/mol. The summed E-state index contributed by atoms with van der Waals surface area (Å²) in [6.45, 7) is 2.05. The molecule has 0 saturated carbocycles. The molecule has 0 unspecified atom stereocenters. The minimum absolute atomic E-state index is 0.194. The Kier molecular flexibility index (Phi) is 6.30. The molecule has 2 heterocycles. The van der Waals surface area contributed by atoms with Crippen LogP contribution in [0.4, 0.5) is 9.52 Å². The van der Waals surface area contributed by atoms with E-state index in [2.05, 4.69) is 31.2 Å². The molecule has 0 fully saturated rings. The Morgan fingerprint density at radius 3 is 2.50 bits per heavy atom. The molecule has 0 amide bonds. The monoisotopic (exact) mass is 511 g/mol. The van der Waals surface area contributed by atoms with Crippen LogP contribution in [0.15, 0.2) is 71.1 Å². The number of hydrogen-bond acceptors (Lipinski definition) is 5. The zero-order valence-electron chi connectivity index (χ0n) is 18.4.